The Bertz CT molecular complexity index is 818. The lowest BCUT2D eigenvalue weighted by Gasteiger charge is -2.31. The largest absolute Gasteiger partial charge is 0.479 e. The molecule has 5 atom stereocenters. The minimum absolute atomic E-state index is 0.0396. The molecule has 5 unspecified atom stereocenters. The van der Waals surface area contributed by atoms with Gasteiger partial charge in [0.2, 0.25) is 5.78 Å². The fraction of sp³-hybridized carbons (Fsp3) is 0.450. The van der Waals surface area contributed by atoms with Gasteiger partial charge in [-0.25, -0.2) is 9.59 Å². The molecule has 3 heterocycles. The number of allylic oxidation sites excluding steroid dienone is 1. The van der Waals surface area contributed by atoms with Crippen molar-refractivity contribution in [2.75, 3.05) is 0 Å². The van der Waals surface area contributed by atoms with Crippen molar-refractivity contribution in [3.8, 4) is 0 Å². The third kappa shape index (κ3) is 3.02. The topological polar surface area (TPSA) is 99.1 Å². The number of ketones is 1. The standard InChI is InChI=1S/C20H22O7/c1-6-9(2)18(23)26-17-15-11(4)19(24)25-13(15)8-20(5)14(21)7-12(27-20)10(3)16(17)22/h6-7,13,15-17,22H,3-4,8H2,1-2,5H3. The Kier molecular flexibility index (Phi) is 4.59. The molecule has 0 aliphatic carbocycles. The van der Waals surface area contributed by atoms with Crippen molar-refractivity contribution < 1.29 is 33.7 Å². The summed E-state index contributed by atoms with van der Waals surface area (Å²) in [5.74, 6) is -2.30. The molecule has 144 valence electrons. The molecule has 1 N–H and O–H groups in total. The zero-order valence-electron chi connectivity index (χ0n) is 15.5. The van der Waals surface area contributed by atoms with Crippen LogP contribution in [0.5, 0.6) is 0 Å². The number of aliphatic hydroxyl groups is 1. The highest BCUT2D eigenvalue weighted by Gasteiger charge is 2.55. The smallest absolute Gasteiger partial charge is 0.334 e. The van der Waals surface area contributed by atoms with Gasteiger partial charge in [0.1, 0.15) is 24.1 Å². The first-order valence-electron chi connectivity index (χ1n) is 8.65. The molecule has 3 aliphatic rings. The molecule has 0 spiro atoms. The second-order valence-corrected chi connectivity index (χ2v) is 7.22. The Morgan fingerprint density at radius 3 is 2.67 bits per heavy atom. The van der Waals surface area contributed by atoms with Gasteiger partial charge < -0.3 is 19.3 Å². The Morgan fingerprint density at radius 1 is 1.37 bits per heavy atom. The molecule has 0 amide bonds. The molecule has 3 aliphatic heterocycles. The number of carbonyl (C=O) groups excluding carboxylic acids is 3. The molecule has 27 heavy (non-hydrogen) atoms. The minimum Gasteiger partial charge on any atom is -0.479 e. The van der Waals surface area contributed by atoms with Crippen LogP contribution in [0.15, 0.2) is 47.8 Å². The molecule has 2 fully saturated rings. The van der Waals surface area contributed by atoms with Crippen LogP contribution in [0.25, 0.3) is 0 Å². The summed E-state index contributed by atoms with van der Waals surface area (Å²) in [4.78, 5) is 36.9. The summed E-state index contributed by atoms with van der Waals surface area (Å²) < 4.78 is 16.7. The van der Waals surface area contributed by atoms with Crippen LogP contribution in [0.4, 0.5) is 0 Å². The molecule has 2 saturated heterocycles. The number of hydrogen-bond acceptors (Lipinski definition) is 7. The Labute approximate surface area is 157 Å². The highest BCUT2D eigenvalue weighted by molar-refractivity contribution is 6.00. The van der Waals surface area contributed by atoms with Gasteiger partial charge in [0, 0.05) is 29.2 Å². The number of fused-ring (bicyclic) bond motifs is 3. The van der Waals surface area contributed by atoms with Crippen molar-refractivity contribution >= 4 is 17.7 Å². The molecule has 3 rings (SSSR count). The van der Waals surface area contributed by atoms with Crippen LogP contribution in [-0.2, 0) is 28.6 Å². The predicted octanol–water partition coefficient (Wildman–Crippen LogP) is 1.52. The van der Waals surface area contributed by atoms with E-state index in [1.807, 2.05) is 0 Å². The van der Waals surface area contributed by atoms with Gasteiger partial charge in [-0.05, 0) is 20.8 Å². The zero-order chi connectivity index (χ0) is 20.1. The maximum absolute atomic E-state index is 12.4. The van der Waals surface area contributed by atoms with Crippen molar-refractivity contribution in [2.45, 2.75) is 51.1 Å². The SMILES string of the molecule is C=C1C2=CC(=O)C(C)(CC3OC(=O)C(=C)C3C(OC(=O)C(C)=CC)C1O)O2. The maximum Gasteiger partial charge on any atom is 0.334 e. The van der Waals surface area contributed by atoms with Crippen LogP contribution in [0, 0.1) is 5.92 Å². The molecule has 0 aromatic rings. The average Bonchev–Trinajstić information content (AvgIpc) is 3.07. The van der Waals surface area contributed by atoms with Crippen LogP contribution in [0.2, 0.25) is 0 Å². The van der Waals surface area contributed by atoms with Gasteiger partial charge in [0.05, 0.1) is 5.92 Å². The number of hydrogen-bond donors (Lipinski definition) is 1. The number of carbonyl (C=O) groups is 3. The molecular formula is C20H22O7. The van der Waals surface area contributed by atoms with Crippen molar-refractivity contribution in [3.05, 3.63) is 47.8 Å². The highest BCUT2D eigenvalue weighted by atomic mass is 16.6. The minimum atomic E-state index is -1.41. The van der Waals surface area contributed by atoms with E-state index in [-0.39, 0.29) is 29.1 Å². The second-order valence-electron chi connectivity index (χ2n) is 7.22. The third-order valence-corrected chi connectivity index (χ3v) is 5.37. The van der Waals surface area contributed by atoms with E-state index in [4.69, 9.17) is 14.2 Å². The van der Waals surface area contributed by atoms with E-state index >= 15 is 0 Å². The van der Waals surface area contributed by atoms with E-state index in [1.54, 1.807) is 26.8 Å². The molecule has 0 aromatic carbocycles. The summed E-state index contributed by atoms with van der Waals surface area (Å²) in [6, 6.07) is 0. The van der Waals surface area contributed by atoms with Gasteiger partial charge >= 0.3 is 11.9 Å². The first-order chi connectivity index (χ1) is 12.6. The molecular weight excluding hydrogens is 352 g/mol. The summed E-state index contributed by atoms with van der Waals surface area (Å²) in [6.45, 7) is 12.4. The fourth-order valence-corrected chi connectivity index (χ4v) is 3.52. The Balaban J connectivity index is 2.07. The van der Waals surface area contributed by atoms with Gasteiger partial charge in [-0.2, -0.15) is 0 Å². The van der Waals surface area contributed by atoms with Crippen LogP contribution in [-0.4, -0.2) is 46.7 Å². The summed E-state index contributed by atoms with van der Waals surface area (Å²) in [7, 11) is 0. The summed E-state index contributed by atoms with van der Waals surface area (Å²) in [5, 5.41) is 10.9. The summed E-state index contributed by atoms with van der Waals surface area (Å²) in [5.41, 5.74) is -0.746. The van der Waals surface area contributed by atoms with Gasteiger partial charge in [-0.3, -0.25) is 4.79 Å². The van der Waals surface area contributed by atoms with Crippen molar-refractivity contribution in [2.24, 2.45) is 5.92 Å². The maximum atomic E-state index is 12.4. The molecule has 0 radical (unpaired) electrons. The van der Waals surface area contributed by atoms with Gasteiger partial charge in [-0.15, -0.1) is 0 Å². The van der Waals surface area contributed by atoms with Crippen LogP contribution < -0.4 is 0 Å². The normalized spacial score (nSPS) is 36.1. The van der Waals surface area contributed by atoms with Crippen LogP contribution in [0.3, 0.4) is 0 Å². The lowest BCUT2D eigenvalue weighted by atomic mass is 9.80. The molecule has 2 bridgehead atoms. The number of aliphatic hydroxyl groups excluding tert-OH is 1. The number of ether oxygens (including phenoxy) is 3. The number of rotatable bonds is 2. The Hall–Kier alpha value is -2.67. The Morgan fingerprint density at radius 2 is 2.04 bits per heavy atom. The van der Waals surface area contributed by atoms with Crippen molar-refractivity contribution in [3.63, 3.8) is 0 Å². The van der Waals surface area contributed by atoms with E-state index in [2.05, 4.69) is 13.2 Å². The van der Waals surface area contributed by atoms with Crippen molar-refractivity contribution in [1.82, 2.24) is 0 Å². The van der Waals surface area contributed by atoms with E-state index in [0.29, 0.717) is 5.57 Å². The van der Waals surface area contributed by atoms with E-state index in [0.717, 1.165) is 0 Å². The van der Waals surface area contributed by atoms with Gasteiger partial charge in [0.25, 0.3) is 0 Å². The molecule has 7 heteroatoms. The summed E-state index contributed by atoms with van der Waals surface area (Å²) in [6.07, 6.45) is -0.528. The molecule has 0 saturated carbocycles. The highest BCUT2D eigenvalue weighted by Crippen LogP contribution is 2.44. The zero-order valence-corrected chi connectivity index (χ0v) is 15.5. The van der Waals surface area contributed by atoms with Gasteiger partial charge in [-0.1, -0.05) is 19.2 Å². The first kappa shape index (κ1) is 19.1. The predicted molar refractivity (Wildman–Crippen MR) is 94.2 cm³/mol. The lowest BCUT2D eigenvalue weighted by Crippen LogP contribution is -2.45. The lowest BCUT2D eigenvalue weighted by molar-refractivity contribution is -0.155. The monoisotopic (exact) mass is 374 g/mol. The second kappa shape index (κ2) is 6.49. The fourth-order valence-electron chi connectivity index (χ4n) is 3.52. The summed E-state index contributed by atoms with van der Waals surface area (Å²) >= 11 is 0. The third-order valence-electron chi connectivity index (χ3n) is 5.37. The quantitative estimate of drug-likeness (QED) is 0.578. The van der Waals surface area contributed by atoms with E-state index in [1.165, 1.54) is 6.08 Å². The average molecular weight is 374 g/mol. The van der Waals surface area contributed by atoms with E-state index < -0.39 is 41.8 Å². The molecule has 7 nitrogen and oxygen atoms in total. The first-order valence-corrected chi connectivity index (χ1v) is 8.65. The van der Waals surface area contributed by atoms with Crippen LogP contribution in [0.1, 0.15) is 27.2 Å². The van der Waals surface area contributed by atoms with Gasteiger partial charge in [0.15, 0.2) is 5.60 Å². The van der Waals surface area contributed by atoms with E-state index in [9.17, 15) is 19.5 Å². The van der Waals surface area contributed by atoms with Crippen molar-refractivity contribution in [1.29, 1.82) is 0 Å². The molecule has 0 aromatic heterocycles. The number of esters is 2. The van der Waals surface area contributed by atoms with Crippen LogP contribution >= 0.6 is 0 Å².